The quantitative estimate of drug-likeness (QED) is 0.802. The van der Waals surface area contributed by atoms with E-state index in [1.54, 1.807) is 0 Å². The summed E-state index contributed by atoms with van der Waals surface area (Å²) in [7, 11) is 0. The summed E-state index contributed by atoms with van der Waals surface area (Å²) in [4.78, 5) is 0. The molecule has 0 saturated carbocycles. The van der Waals surface area contributed by atoms with Gasteiger partial charge in [-0.3, -0.25) is 0 Å². The molecular weight excluding hydrogens is 232 g/mol. The molecule has 0 heterocycles. The molecule has 102 valence electrons. The molecule has 2 rings (SSSR count). The number of fused-ring (bicyclic) bond motifs is 1. The van der Waals surface area contributed by atoms with Crippen molar-refractivity contribution in [3.63, 3.8) is 0 Å². The van der Waals surface area contributed by atoms with Crippen LogP contribution in [0.25, 0.3) is 10.8 Å². The van der Waals surface area contributed by atoms with Crippen molar-refractivity contribution in [1.82, 2.24) is 10.6 Å². The zero-order chi connectivity index (χ0) is 13.7. The van der Waals surface area contributed by atoms with Gasteiger partial charge in [-0.25, -0.2) is 0 Å². The normalized spacial score (nSPS) is 11.9. The summed E-state index contributed by atoms with van der Waals surface area (Å²) >= 11 is 0. The van der Waals surface area contributed by atoms with E-state index in [0.29, 0.717) is 0 Å². The van der Waals surface area contributed by atoms with E-state index < -0.39 is 0 Å². The minimum atomic E-state index is 0.196. The van der Waals surface area contributed by atoms with Gasteiger partial charge in [0.25, 0.3) is 0 Å². The molecule has 2 aromatic rings. The van der Waals surface area contributed by atoms with Crippen LogP contribution in [0.2, 0.25) is 0 Å². The maximum absolute atomic E-state index is 3.50. The van der Waals surface area contributed by atoms with E-state index >= 15 is 0 Å². The van der Waals surface area contributed by atoms with E-state index in [1.165, 1.54) is 16.3 Å². The van der Waals surface area contributed by atoms with Crippen LogP contribution in [0.15, 0.2) is 42.5 Å². The highest BCUT2D eigenvalue weighted by atomic mass is 15.0. The van der Waals surface area contributed by atoms with Crippen LogP contribution in [0.3, 0.4) is 0 Å². The molecule has 0 atom stereocenters. The summed E-state index contributed by atoms with van der Waals surface area (Å²) in [6, 6.07) is 15.1. The van der Waals surface area contributed by atoms with Crippen LogP contribution in [-0.2, 0) is 6.54 Å². The van der Waals surface area contributed by atoms with E-state index in [-0.39, 0.29) is 5.54 Å². The van der Waals surface area contributed by atoms with Crippen molar-refractivity contribution >= 4 is 10.8 Å². The summed E-state index contributed by atoms with van der Waals surface area (Å²) in [6.07, 6.45) is 0. The zero-order valence-electron chi connectivity index (χ0n) is 12.2. The van der Waals surface area contributed by atoms with Gasteiger partial charge in [0.15, 0.2) is 0 Å². The highest BCUT2D eigenvalue weighted by Crippen LogP contribution is 2.17. The van der Waals surface area contributed by atoms with Crippen molar-refractivity contribution in [3.05, 3.63) is 48.0 Å². The van der Waals surface area contributed by atoms with E-state index in [4.69, 9.17) is 0 Å². The lowest BCUT2D eigenvalue weighted by Gasteiger charge is -2.20. The monoisotopic (exact) mass is 256 g/mol. The van der Waals surface area contributed by atoms with Crippen molar-refractivity contribution in [2.75, 3.05) is 13.1 Å². The van der Waals surface area contributed by atoms with Crippen molar-refractivity contribution in [2.45, 2.75) is 32.9 Å². The molecule has 2 nitrogen and oxygen atoms in total. The van der Waals surface area contributed by atoms with Crippen LogP contribution in [0.5, 0.6) is 0 Å². The Morgan fingerprint density at radius 2 is 1.63 bits per heavy atom. The molecule has 19 heavy (non-hydrogen) atoms. The van der Waals surface area contributed by atoms with Gasteiger partial charge in [-0.15, -0.1) is 0 Å². The van der Waals surface area contributed by atoms with E-state index in [0.717, 1.165) is 19.6 Å². The summed E-state index contributed by atoms with van der Waals surface area (Å²) in [5.74, 6) is 0. The third-order valence-electron chi connectivity index (χ3n) is 3.15. The first-order valence-corrected chi connectivity index (χ1v) is 6.99. The fourth-order valence-electron chi connectivity index (χ4n) is 2.20. The molecule has 0 aromatic heterocycles. The van der Waals surface area contributed by atoms with Crippen molar-refractivity contribution in [3.8, 4) is 0 Å². The minimum Gasteiger partial charge on any atom is -0.311 e. The van der Waals surface area contributed by atoms with Crippen LogP contribution >= 0.6 is 0 Å². The van der Waals surface area contributed by atoms with E-state index in [9.17, 15) is 0 Å². The smallest absolute Gasteiger partial charge is 0.0212 e. The Kier molecular flexibility index (Phi) is 4.56. The lowest BCUT2D eigenvalue weighted by atomic mass is 10.0. The minimum absolute atomic E-state index is 0.196. The predicted molar refractivity (Wildman–Crippen MR) is 83.4 cm³/mol. The van der Waals surface area contributed by atoms with Crippen LogP contribution in [0, 0.1) is 0 Å². The molecule has 0 amide bonds. The fraction of sp³-hybridized carbons (Fsp3) is 0.412. The topological polar surface area (TPSA) is 24.1 Å². The molecule has 0 bridgehead atoms. The summed E-state index contributed by atoms with van der Waals surface area (Å²) < 4.78 is 0. The fourth-order valence-corrected chi connectivity index (χ4v) is 2.20. The van der Waals surface area contributed by atoms with Gasteiger partial charge in [0.05, 0.1) is 0 Å². The number of rotatable bonds is 5. The van der Waals surface area contributed by atoms with Crippen LogP contribution in [0.1, 0.15) is 26.3 Å². The second kappa shape index (κ2) is 6.18. The number of hydrogen-bond acceptors (Lipinski definition) is 2. The molecule has 0 aliphatic heterocycles. The molecule has 2 heteroatoms. The predicted octanol–water partition coefficient (Wildman–Crippen LogP) is 3.32. The SMILES string of the molecule is CC(C)(C)NCCNCc1cccc2ccccc12. The van der Waals surface area contributed by atoms with Crippen LogP contribution in [-0.4, -0.2) is 18.6 Å². The van der Waals surface area contributed by atoms with Gasteiger partial charge in [0.1, 0.15) is 0 Å². The molecule has 0 saturated heterocycles. The summed E-state index contributed by atoms with van der Waals surface area (Å²) in [6.45, 7) is 9.48. The van der Waals surface area contributed by atoms with Crippen molar-refractivity contribution in [1.29, 1.82) is 0 Å². The molecule has 2 aromatic carbocycles. The second-order valence-corrected chi connectivity index (χ2v) is 5.99. The Morgan fingerprint density at radius 1 is 0.895 bits per heavy atom. The van der Waals surface area contributed by atoms with Crippen LogP contribution in [0.4, 0.5) is 0 Å². The Bertz CT molecular complexity index is 521. The number of hydrogen-bond donors (Lipinski definition) is 2. The van der Waals surface area contributed by atoms with Gasteiger partial charge in [-0.1, -0.05) is 42.5 Å². The lowest BCUT2D eigenvalue weighted by molar-refractivity contribution is 0.421. The maximum atomic E-state index is 3.50. The molecule has 0 spiro atoms. The molecular formula is C17H24N2. The van der Waals surface area contributed by atoms with Crippen LogP contribution < -0.4 is 10.6 Å². The number of nitrogens with one attached hydrogen (secondary N) is 2. The second-order valence-electron chi connectivity index (χ2n) is 5.99. The molecule has 0 unspecified atom stereocenters. The first-order chi connectivity index (χ1) is 9.06. The van der Waals surface area contributed by atoms with E-state index in [2.05, 4.69) is 73.9 Å². The molecule has 0 radical (unpaired) electrons. The van der Waals surface area contributed by atoms with Crippen molar-refractivity contribution in [2.24, 2.45) is 0 Å². The van der Waals surface area contributed by atoms with Gasteiger partial charge in [-0.2, -0.15) is 0 Å². The van der Waals surface area contributed by atoms with Gasteiger partial charge in [0, 0.05) is 25.2 Å². The summed E-state index contributed by atoms with van der Waals surface area (Å²) in [5, 5.41) is 9.65. The van der Waals surface area contributed by atoms with Gasteiger partial charge in [0.2, 0.25) is 0 Å². The summed E-state index contributed by atoms with van der Waals surface area (Å²) in [5.41, 5.74) is 1.56. The molecule has 0 fully saturated rings. The Hall–Kier alpha value is -1.38. The van der Waals surface area contributed by atoms with Gasteiger partial charge in [-0.05, 0) is 37.1 Å². The molecule has 2 N–H and O–H groups in total. The highest BCUT2D eigenvalue weighted by Gasteiger charge is 2.07. The van der Waals surface area contributed by atoms with E-state index in [1.807, 2.05) is 0 Å². The first-order valence-electron chi connectivity index (χ1n) is 6.99. The maximum Gasteiger partial charge on any atom is 0.0212 e. The highest BCUT2D eigenvalue weighted by molar-refractivity contribution is 5.85. The average molecular weight is 256 g/mol. The zero-order valence-corrected chi connectivity index (χ0v) is 12.2. The Balaban J connectivity index is 1.88. The number of benzene rings is 2. The standard InChI is InChI=1S/C17H24N2/c1-17(2,3)19-12-11-18-13-15-9-6-8-14-7-4-5-10-16(14)15/h4-10,18-19H,11-13H2,1-3H3. The largest absolute Gasteiger partial charge is 0.311 e. The first kappa shape index (κ1) is 14.0. The molecule has 0 aliphatic carbocycles. The van der Waals surface area contributed by atoms with Gasteiger partial charge < -0.3 is 10.6 Å². The average Bonchev–Trinajstić information content (AvgIpc) is 2.37. The Labute approximate surface area is 116 Å². The van der Waals surface area contributed by atoms with Gasteiger partial charge >= 0.3 is 0 Å². The lowest BCUT2D eigenvalue weighted by Crippen LogP contribution is -2.40. The third-order valence-corrected chi connectivity index (χ3v) is 3.15. The molecule has 0 aliphatic rings. The van der Waals surface area contributed by atoms with Crippen molar-refractivity contribution < 1.29 is 0 Å². The Morgan fingerprint density at radius 3 is 2.42 bits per heavy atom. The third kappa shape index (κ3) is 4.34.